The topological polar surface area (TPSA) is 45.0 Å². The van der Waals surface area contributed by atoms with E-state index in [1.54, 1.807) is 22.9 Å². The van der Waals surface area contributed by atoms with Gasteiger partial charge in [0, 0.05) is 11.4 Å². The number of rotatable bonds is 2. The van der Waals surface area contributed by atoms with Gasteiger partial charge in [-0.05, 0) is 33.7 Å². The molecule has 7 heteroatoms. The van der Waals surface area contributed by atoms with Gasteiger partial charge in [-0.2, -0.15) is 4.99 Å². The van der Waals surface area contributed by atoms with Crippen LogP contribution in [0.3, 0.4) is 0 Å². The molecule has 0 atom stereocenters. The second kappa shape index (κ2) is 4.91. The Balaban J connectivity index is 1.81. The summed E-state index contributed by atoms with van der Waals surface area (Å²) in [6.45, 7) is 5.29. The van der Waals surface area contributed by atoms with E-state index in [2.05, 4.69) is 16.6 Å². The van der Waals surface area contributed by atoms with Gasteiger partial charge in [0.05, 0.1) is 11.4 Å². The lowest BCUT2D eigenvalue weighted by Gasteiger charge is -2.08. The Bertz CT molecular complexity index is 576. The number of nitrogens with zero attached hydrogens (tertiary/aromatic N) is 3. The normalized spacial score (nSPS) is 20.1. The zero-order valence-electron chi connectivity index (χ0n) is 9.33. The van der Waals surface area contributed by atoms with Crippen LogP contribution in [0.25, 0.3) is 6.08 Å². The van der Waals surface area contributed by atoms with Crippen LogP contribution < -0.4 is 0 Å². The van der Waals surface area contributed by atoms with E-state index in [1.807, 2.05) is 11.0 Å². The van der Waals surface area contributed by atoms with Crippen LogP contribution in [0, 0.1) is 0 Å². The molecule has 0 N–H and O–H groups in total. The van der Waals surface area contributed by atoms with Crippen LogP contribution in [-0.4, -0.2) is 34.2 Å². The summed E-state index contributed by atoms with van der Waals surface area (Å²) in [5.74, 6) is -0.190. The smallest absolute Gasteiger partial charge is 0.289 e. The monoisotopic (exact) mass is 295 g/mol. The highest BCUT2D eigenvalue weighted by atomic mass is 33.1. The van der Waals surface area contributed by atoms with Gasteiger partial charge in [-0.1, -0.05) is 12.7 Å². The third kappa shape index (κ3) is 2.13. The third-order valence-corrected chi connectivity index (χ3v) is 5.72. The number of amides is 1. The quantitative estimate of drug-likeness (QED) is 0.787. The zero-order valence-corrected chi connectivity index (χ0v) is 11.8. The summed E-state index contributed by atoms with van der Waals surface area (Å²) in [7, 11) is 3.06. The highest BCUT2D eigenvalue weighted by Crippen LogP contribution is 2.38. The molecule has 1 aromatic heterocycles. The summed E-state index contributed by atoms with van der Waals surface area (Å²) in [6, 6.07) is 3.67. The van der Waals surface area contributed by atoms with E-state index >= 15 is 0 Å². The Morgan fingerprint density at radius 1 is 1.50 bits per heavy atom. The van der Waals surface area contributed by atoms with E-state index in [4.69, 9.17) is 0 Å². The first kappa shape index (κ1) is 12.0. The van der Waals surface area contributed by atoms with Crippen molar-refractivity contribution in [3.63, 3.8) is 0 Å². The van der Waals surface area contributed by atoms with Crippen LogP contribution in [-0.2, 0) is 0 Å². The highest BCUT2D eigenvalue weighted by Gasteiger charge is 2.31. The largest absolute Gasteiger partial charge is 0.297 e. The maximum atomic E-state index is 12.0. The average Bonchev–Trinajstić information content (AvgIpc) is 3.05. The lowest BCUT2D eigenvalue weighted by molar-refractivity contribution is 0.101. The predicted octanol–water partition coefficient (Wildman–Crippen LogP) is 2.95. The molecule has 1 saturated heterocycles. The summed E-state index contributed by atoms with van der Waals surface area (Å²) < 4.78 is 0. The molecule has 2 aliphatic heterocycles. The number of carbonyl (C=O) groups is 1. The molecule has 3 heterocycles. The molecule has 0 saturated carbocycles. The van der Waals surface area contributed by atoms with Crippen molar-refractivity contribution in [3.8, 4) is 0 Å². The molecule has 92 valence electrons. The second-order valence-electron chi connectivity index (χ2n) is 3.59. The molecule has 0 spiro atoms. The first-order valence-electron chi connectivity index (χ1n) is 5.30. The van der Waals surface area contributed by atoms with Gasteiger partial charge in [0.25, 0.3) is 5.91 Å². The third-order valence-electron chi connectivity index (χ3n) is 2.46. The molecule has 0 bridgehead atoms. The fourth-order valence-corrected chi connectivity index (χ4v) is 4.60. The van der Waals surface area contributed by atoms with Crippen LogP contribution in [0.1, 0.15) is 14.5 Å². The lowest BCUT2D eigenvalue weighted by Crippen LogP contribution is -2.25. The van der Waals surface area contributed by atoms with Crippen LogP contribution in [0.4, 0.5) is 0 Å². The van der Waals surface area contributed by atoms with Crippen molar-refractivity contribution in [2.45, 2.75) is 0 Å². The molecule has 0 unspecified atom stereocenters. The van der Waals surface area contributed by atoms with Crippen molar-refractivity contribution in [1.82, 2.24) is 4.90 Å². The SMILES string of the molecule is C=Cc1ccc(C(=O)N=C2SSC3=NCCN32)s1. The Morgan fingerprint density at radius 3 is 3.17 bits per heavy atom. The number of hydrogen-bond donors (Lipinski definition) is 0. The van der Waals surface area contributed by atoms with E-state index in [9.17, 15) is 4.79 Å². The molecule has 1 aromatic rings. The Kier molecular flexibility index (Phi) is 3.27. The minimum absolute atomic E-state index is 0.190. The summed E-state index contributed by atoms with van der Waals surface area (Å²) in [5.41, 5.74) is 0. The maximum absolute atomic E-state index is 12.0. The van der Waals surface area contributed by atoms with E-state index in [1.165, 1.54) is 22.1 Å². The maximum Gasteiger partial charge on any atom is 0.289 e. The van der Waals surface area contributed by atoms with Crippen molar-refractivity contribution < 1.29 is 4.79 Å². The molecule has 3 rings (SSSR count). The van der Waals surface area contributed by atoms with Gasteiger partial charge in [-0.25, -0.2) is 0 Å². The number of amidine groups is 2. The molecule has 0 aromatic carbocycles. The number of thiophene rings is 1. The van der Waals surface area contributed by atoms with E-state index < -0.39 is 0 Å². The molecule has 1 fully saturated rings. The zero-order chi connectivity index (χ0) is 12.5. The molecular weight excluding hydrogens is 286 g/mol. The molecule has 0 aliphatic carbocycles. The fraction of sp³-hybridized carbons (Fsp3) is 0.182. The Morgan fingerprint density at radius 2 is 2.39 bits per heavy atom. The fourth-order valence-electron chi connectivity index (χ4n) is 1.59. The van der Waals surface area contributed by atoms with Gasteiger partial charge in [0.15, 0.2) is 10.3 Å². The molecule has 2 aliphatic rings. The van der Waals surface area contributed by atoms with Crippen molar-refractivity contribution in [2.75, 3.05) is 13.1 Å². The summed E-state index contributed by atoms with van der Waals surface area (Å²) in [4.78, 5) is 24.1. The molecular formula is C11H9N3OS3. The minimum Gasteiger partial charge on any atom is -0.297 e. The Hall–Kier alpha value is -1.05. The second-order valence-corrected chi connectivity index (χ2v) is 6.77. The van der Waals surface area contributed by atoms with Gasteiger partial charge in [-0.3, -0.25) is 14.7 Å². The summed E-state index contributed by atoms with van der Waals surface area (Å²) in [6.07, 6.45) is 1.74. The number of hydrogen-bond acceptors (Lipinski definition) is 5. The number of fused-ring (bicyclic) bond motifs is 1. The molecule has 18 heavy (non-hydrogen) atoms. The molecule has 1 amide bonds. The predicted molar refractivity (Wildman–Crippen MR) is 80.4 cm³/mol. The number of carbonyl (C=O) groups excluding carboxylic acids is 1. The van der Waals surface area contributed by atoms with E-state index in [0.717, 1.165) is 28.3 Å². The minimum atomic E-state index is -0.190. The van der Waals surface area contributed by atoms with Gasteiger partial charge >= 0.3 is 0 Å². The van der Waals surface area contributed by atoms with E-state index in [-0.39, 0.29) is 5.91 Å². The average molecular weight is 295 g/mol. The first-order valence-corrected chi connectivity index (χ1v) is 8.26. The van der Waals surface area contributed by atoms with Crippen molar-refractivity contribution in [1.29, 1.82) is 0 Å². The standard InChI is InChI=1S/C11H9N3OS3/c1-2-7-3-4-8(16-7)9(15)13-11-14-6-5-12-10(14)17-18-11/h2-4H,1,5-6H2. The van der Waals surface area contributed by atoms with Gasteiger partial charge in [-0.15, -0.1) is 11.3 Å². The van der Waals surface area contributed by atoms with Crippen LogP contribution in [0.15, 0.2) is 28.7 Å². The van der Waals surface area contributed by atoms with Crippen LogP contribution in [0.2, 0.25) is 0 Å². The first-order chi connectivity index (χ1) is 8.78. The Labute approximate surface area is 116 Å². The van der Waals surface area contributed by atoms with Crippen molar-refractivity contribution in [2.24, 2.45) is 9.98 Å². The van der Waals surface area contributed by atoms with E-state index in [0.29, 0.717) is 4.88 Å². The van der Waals surface area contributed by atoms with Crippen molar-refractivity contribution in [3.05, 3.63) is 28.5 Å². The van der Waals surface area contributed by atoms with Gasteiger partial charge < -0.3 is 0 Å². The summed E-state index contributed by atoms with van der Waals surface area (Å²) >= 11 is 1.41. The lowest BCUT2D eigenvalue weighted by atomic mass is 10.4. The summed E-state index contributed by atoms with van der Waals surface area (Å²) in [5, 5.41) is 1.71. The number of aliphatic imine (C=N–C) groups is 2. The highest BCUT2D eigenvalue weighted by molar-refractivity contribution is 8.88. The molecule has 4 nitrogen and oxygen atoms in total. The van der Waals surface area contributed by atoms with Gasteiger partial charge in [0.1, 0.15) is 0 Å². The van der Waals surface area contributed by atoms with Crippen LogP contribution in [0.5, 0.6) is 0 Å². The van der Waals surface area contributed by atoms with Crippen molar-refractivity contribution >= 4 is 55.2 Å². The van der Waals surface area contributed by atoms with Crippen LogP contribution >= 0.6 is 32.9 Å². The van der Waals surface area contributed by atoms with Gasteiger partial charge in [0.2, 0.25) is 0 Å². The molecule has 0 radical (unpaired) electrons.